The first-order valence-corrected chi connectivity index (χ1v) is 3.86. The van der Waals surface area contributed by atoms with E-state index in [2.05, 4.69) is 30.1 Å². The van der Waals surface area contributed by atoms with Crippen LogP contribution < -0.4 is 5.32 Å². The Morgan fingerprint density at radius 1 is 1.45 bits per heavy atom. The lowest BCUT2D eigenvalue weighted by atomic mass is 10.1. The molecule has 1 aliphatic rings. The fraction of sp³-hybridized carbons (Fsp3) is 0.200. The lowest BCUT2D eigenvalue weighted by Gasteiger charge is -2.00. The summed E-state index contributed by atoms with van der Waals surface area (Å²) in [6.45, 7) is 4.89. The number of hydrogen-bond donors (Lipinski definition) is 1. The minimum atomic E-state index is 0.587. The molecule has 0 amide bonds. The van der Waals surface area contributed by atoms with Gasteiger partial charge < -0.3 is 5.32 Å². The van der Waals surface area contributed by atoms with Crippen molar-refractivity contribution in [2.45, 2.75) is 6.04 Å². The summed E-state index contributed by atoms with van der Waals surface area (Å²) in [5, 5.41) is 3.28. The molecule has 1 unspecified atom stereocenters. The third kappa shape index (κ3) is 1.19. The van der Waals surface area contributed by atoms with Gasteiger partial charge in [0.1, 0.15) is 0 Å². The molecule has 1 aromatic carbocycles. The minimum absolute atomic E-state index is 0.587. The van der Waals surface area contributed by atoms with Crippen molar-refractivity contribution in [1.82, 2.24) is 5.32 Å². The number of benzene rings is 1. The van der Waals surface area contributed by atoms with Crippen LogP contribution in [0.5, 0.6) is 0 Å². The highest BCUT2D eigenvalue weighted by atomic mass is 15.1. The molecule has 1 nitrogen and oxygen atoms in total. The number of nitrogens with one attached hydrogen (secondary N) is 1. The standard InChI is InChI=1S/C10H11N/c1-2-8-5-3-4-6-9(8)10-7-11-10/h2-6,10-11H,1,7H2. The zero-order chi connectivity index (χ0) is 7.68. The third-order valence-electron chi connectivity index (χ3n) is 2.00. The summed E-state index contributed by atoms with van der Waals surface area (Å²) in [5.41, 5.74) is 2.63. The monoisotopic (exact) mass is 145 g/mol. The lowest BCUT2D eigenvalue weighted by Crippen LogP contribution is -1.87. The predicted molar refractivity (Wildman–Crippen MR) is 47.3 cm³/mol. The normalized spacial score (nSPS) is 21.3. The molecule has 1 atom stereocenters. The van der Waals surface area contributed by atoms with Crippen LogP contribution in [0, 0.1) is 0 Å². The van der Waals surface area contributed by atoms with Crippen molar-refractivity contribution < 1.29 is 0 Å². The van der Waals surface area contributed by atoms with Gasteiger partial charge in [0.25, 0.3) is 0 Å². The van der Waals surface area contributed by atoms with Gasteiger partial charge in [-0.3, -0.25) is 0 Å². The predicted octanol–water partition coefficient (Wildman–Crippen LogP) is 1.97. The topological polar surface area (TPSA) is 21.9 Å². The summed E-state index contributed by atoms with van der Waals surface area (Å²) in [7, 11) is 0. The van der Waals surface area contributed by atoms with Crippen LogP contribution in [0.25, 0.3) is 6.08 Å². The maximum absolute atomic E-state index is 3.77. The Kier molecular flexibility index (Phi) is 1.51. The molecule has 1 heteroatoms. The fourth-order valence-corrected chi connectivity index (χ4v) is 1.29. The average molecular weight is 145 g/mol. The Labute approximate surface area is 66.7 Å². The van der Waals surface area contributed by atoms with Gasteiger partial charge >= 0.3 is 0 Å². The quantitative estimate of drug-likeness (QED) is 0.631. The molecule has 2 rings (SSSR count). The highest BCUT2D eigenvalue weighted by Crippen LogP contribution is 2.25. The molecule has 1 aromatic rings. The van der Waals surface area contributed by atoms with Gasteiger partial charge in [0.2, 0.25) is 0 Å². The first-order valence-electron chi connectivity index (χ1n) is 3.86. The highest BCUT2D eigenvalue weighted by molar-refractivity contribution is 5.53. The minimum Gasteiger partial charge on any atom is -0.307 e. The van der Waals surface area contributed by atoms with E-state index in [-0.39, 0.29) is 0 Å². The fourth-order valence-electron chi connectivity index (χ4n) is 1.29. The molecular weight excluding hydrogens is 134 g/mol. The molecule has 0 bridgehead atoms. The van der Waals surface area contributed by atoms with Crippen LogP contribution in [0.15, 0.2) is 30.8 Å². The van der Waals surface area contributed by atoms with Gasteiger partial charge in [-0.15, -0.1) is 0 Å². The second-order valence-electron chi connectivity index (χ2n) is 2.79. The van der Waals surface area contributed by atoms with Crippen molar-refractivity contribution in [3.8, 4) is 0 Å². The van der Waals surface area contributed by atoms with Crippen LogP contribution in [0.4, 0.5) is 0 Å². The van der Waals surface area contributed by atoms with Gasteiger partial charge in [0, 0.05) is 12.6 Å². The molecule has 1 heterocycles. The Morgan fingerprint density at radius 3 is 2.82 bits per heavy atom. The Hall–Kier alpha value is -1.08. The van der Waals surface area contributed by atoms with Crippen LogP contribution in [0.1, 0.15) is 17.2 Å². The van der Waals surface area contributed by atoms with E-state index >= 15 is 0 Å². The molecular formula is C10H11N. The van der Waals surface area contributed by atoms with E-state index in [0.29, 0.717) is 6.04 Å². The molecule has 0 saturated carbocycles. The largest absolute Gasteiger partial charge is 0.307 e. The van der Waals surface area contributed by atoms with E-state index in [4.69, 9.17) is 0 Å². The van der Waals surface area contributed by atoms with Crippen molar-refractivity contribution in [3.05, 3.63) is 42.0 Å². The Morgan fingerprint density at radius 2 is 2.18 bits per heavy atom. The summed E-state index contributed by atoms with van der Waals surface area (Å²) in [4.78, 5) is 0. The summed E-state index contributed by atoms with van der Waals surface area (Å²) in [5.74, 6) is 0. The first-order chi connectivity index (χ1) is 5.42. The zero-order valence-corrected chi connectivity index (χ0v) is 6.38. The lowest BCUT2D eigenvalue weighted by molar-refractivity contribution is 1.07. The van der Waals surface area contributed by atoms with Crippen molar-refractivity contribution in [2.24, 2.45) is 0 Å². The third-order valence-corrected chi connectivity index (χ3v) is 2.00. The second kappa shape index (κ2) is 2.51. The molecule has 56 valence electrons. The molecule has 1 aliphatic heterocycles. The Balaban J connectivity index is 2.42. The average Bonchev–Trinajstić information content (AvgIpc) is 2.87. The van der Waals surface area contributed by atoms with Crippen LogP contribution in [-0.2, 0) is 0 Å². The van der Waals surface area contributed by atoms with E-state index < -0.39 is 0 Å². The van der Waals surface area contributed by atoms with E-state index in [9.17, 15) is 0 Å². The zero-order valence-electron chi connectivity index (χ0n) is 6.38. The number of rotatable bonds is 2. The van der Waals surface area contributed by atoms with E-state index in [1.54, 1.807) is 0 Å². The van der Waals surface area contributed by atoms with Gasteiger partial charge in [-0.2, -0.15) is 0 Å². The smallest absolute Gasteiger partial charge is 0.0453 e. The maximum Gasteiger partial charge on any atom is 0.0453 e. The van der Waals surface area contributed by atoms with Crippen molar-refractivity contribution in [3.63, 3.8) is 0 Å². The highest BCUT2D eigenvalue weighted by Gasteiger charge is 2.23. The molecule has 0 spiro atoms. The van der Waals surface area contributed by atoms with Crippen LogP contribution in [0.2, 0.25) is 0 Å². The van der Waals surface area contributed by atoms with Gasteiger partial charge in [-0.1, -0.05) is 36.9 Å². The molecule has 0 radical (unpaired) electrons. The SMILES string of the molecule is C=Cc1ccccc1C1CN1. The van der Waals surface area contributed by atoms with Gasteiger partial charge in [-0.25, -0.2) is 0 Å². The molecule has 11 heavy (non-hydrogen) atoms. The summed E-state index contributed by atoms with van der Waals surface area (Å²) in [6, 6.07) is 8.96. The van der Waals surface area contributed by atoms with E-state index in [1.165, 1.54) is 11.1 Å². The van der Waals surface area contributed by atoms with Crippen molar-refractivity contribution >= 4 is 6.08 Å². The molecule has 1 fully saturated rings. The van der Waals surface area contributed by atoms with Crippen LogP contribution in [-0.4, -0.2) is 6.54 Å². The summed E-state index contributed by atoms with van der Waals surface area (Å²) >= 11 is 0. The Bertz CT molecular complexity index is 274. The van der Waals surface area contributed by atoms with Crippen molar-refractivity contribution in [1.29, 1.82) is 0 Å². The van der Waals surface area contributed by atoms with Gasteiger partial charge in [0.15, 0.2) is 0 Å². The summed E-state index contributed by atoms with van der Waals surface area (Å²) in [6.07, 6.45) is 1.91. The van der Waals surface area contributed by atoms with Gasteiger partial charge in [-0.05, 0) is 11.1 Å². The van der Waals surface area contributed by atoms with Crippen molar-refractivity contribution in [2.75, 3.05) is 6.54 Å². The molecule has 0 aromatic heterocycles. The molecule has 1 N–H and O–H groups in total. The second-order valence-corrected chi connectivity index (χ2v) is 2.79. The summed E-state index contributed by atoms with van der Waals surface area (Å²) < 4.78 is 0. The van der Waals surface area contributed by atoms with E-state index in [1.807, 2.05) is 12.1 Å². The van der Waals surface area contributed by atoms with E-state index in [0.717, 1.165) is 6.54 Å². The molecule has 1 saturated heterocycles. The molecule has 0 aliphatic carbocycles. The van der Waals surface area contributed by atoms with Gasteiger partial charge in [0.05, 0.1) is 0 Å². The van der Waals surface area contributed by atoms with Crippen LogP contribution >= 0.6 is 0 Å². The maximum atomic E-state index is 3.77. The first kappa shape index (κ1) is 6.62. The van der Waals surface area contributed by atoms with Crippen LogP contribution in [0.3, 0.4) is 0 Å². The number of hydrogen-bond acceptors (Lipinski definition) is 1.